The number of hydrogen-bond donors (Lipinski definition) is 2. The van der Waals surface area contributed by atoms with Crippen LogP contribution in [0.4, 0.5) is 14.9 Å². The van der Waals surface area contributed by atoms with E-state index in [0.29, 0.717) is 10.6 Å². The van der Waals surface area contributed by atoms with Crippen LogP contribution in [0.2, 0.25) is 0 Å². The number of nitrogens with zero attached hydrogens (tertiary/aromatic N) is 3. The van der Waals surface area contributed by atoms with Crippen molar-refractivity contribution >= 4 is 60.9 Å². The summed E-state index contributed by atoms with van der Waals surface area (Å²) in [6.45, 7) is 5.65. The third-order valence-electron chi connectivity index (χ3n) is 5.04. The van der Waals surface area contributed by atoms with Crippen molar-refractivity contribution < 1.29 is 19.1 Å². The van der Waals surface area contributed by atoms with Gasteiger partial charge in [-0.05, 0) is 43.6 Å². The van der Waals surface area contributed by atoms with E-state index in [0.717, 1.165) is 41.5 Å². The van der Waals surface area contributed by atoms with Gasteiger partial charge >= 0.3 is 6.09 Å². The second-order valence-electron chi connectivity index (χ2n) is 7.26. The van der Waals surface area contributed by atoms with Gasteiger partial charge in [0.15, 0.2) is 5.13 Å². The molecule has 1 aliphatic rings. The molecule has 4 rings (SSSR count). The lowest BCUT2D eigenvalue weighted by Crippen LogP contribution is -2.44. The molecule has 32 heavy (non-hydrogen) atoms. The second-order valence-corrected chi connectivity index (χ2v) is 9.19. The molecule has 2 N–H and O–H groups in total. The van der Waals surface area contributed by atoms with E-state index >= 15 is 0 Å². The number of rotatable bonds is 5. The molecular formula is C21H23N5O4S2. The fraction of sp³-hybridized carbons (Fsp3) is 0.333. The molecule has 1 aliphatic heterocycles. The fourth-order valence-corrected chi connectivity index (χ4v) is 5.05. The molecule has 3 heterocycles. The topological polar surface area (TPSA) is 104 Å². The van der Waals surface area contributed by atoms with Crippen molar-refractivity contribution in [3.63, 3.8) is 0 Å². The third kappa shape index (κ3) is 4.90. The minimum atomic E-state index is -0.828. The lowest BCUT2D eigenvalue weighted by molar-refractivity contribution is 0.0926. The molecule has 0 bridgehead atoms. The maximum absolute atomic E-state index is 12.8. The van der Waals surface area contributed by atoms with E-state index in [9.17, 15) is 14.4 Å². The van der Waals surface area contributed by atoms with E-state index < -0.39 is 12.0 Å². The van der Waals surface area contributed by atoms with Crippen molar-refractivity contribution in [2.75, 3.05) is 50.1 Å². The number of thiophene rings is 1. The molecule has 0 spiro atoms. The largest absolute Gasteiger partial charge is 0.450 e. The summed E-state index contributed by atoms with van der Waals surface area (Å²) in [5.74, 6) is -0.986. The van der Waals surface area contributed by atoms with E-state index in [1.807, 2.05) is 6.07 Å². The molecule has 2 aromatic heterocycles. The standard InChI is InChI=1S/C21H23N5O4S2/c1-3-30-21(29)24-18(28)14-6-11-31-19(14)23-17(27)13-4-5-16-15(12-13)22-20(32-16)26-9-7-25(2)8-10-26/h4-6,11-12H,3,7-10H2,1-2H3,(H,23,27)(H,24,28,29). The van der Waals surface area contributed by atoms with Crippen LogP contribution < -0.4 is 15.5 Å². The van der Waals surface area contributed by atoms with Gasteiger partial charge < -0.3 is 19.9 Å². The Morgan fingerprint density at radius 3 is 2.66 bits per heavy atom. The maximum atomic E-state index is 12.8. The Labute approximate surface area is 193 Å². The molecule has 3 aromatic rings. The number of ether oxygens (including phenoxy) is 1. The Hall–Kier alpha value is -3.02. The molecule has 1 fully saturated rings. The minimum Gasteiger partial charge on any atom is -0.450 e. The van der Waals surface area contributed by atoms with E-state index in [1.54, 1.807) is 41.8 Å². The van der Waals surface area contributed by atoms with Crippen LogP contribution in [-0.2, 0) is 4.74 Å². The van der Waals surface area contributed by atoms with Gasteiger partial charge in [0.25, 0.3) is 11.8 Å². The molecule has 1 saturated heterocycles. The van der Waals surface area contributed by atoms with E-state index in [-0.39, 0.29) is 18.1 Å². The number of amides is 3. The monoisotopic (exact) mass is 473 g/mol. The van der Waals surface area contributed by atoms with Crippen molar-refractivity contribution in [2.45, 2.75) is 6.92 Å². The Bertz CT molecular complexity index is 1150. The molecule has 0 unspecified atom stereocenters. The van der Waals surface area contributed by atoms with Crippen molar-refractivity contribution in [3.05, 3.63) is 40.8 Å². The first-order chi connectivity index (χ1) is 15.4. The number of fused-ring (bicyclic) bond motifs is 1. The summed E-state index contributed by atoms with van der Waals surface area (Å²) in [6.07, 6.45) is -0.828. The number of benzene rings is 1. The number of carbonyl (C=O) groups is 3. The summed E-state index contributed by atoms with van der Waals surface area (Å²) >= 11 is 2.82. The summed E-state index contributed by atoms with van der Waals surface area (Å²) in [5, 5.41) is 7.88. The maximum Gasteiger partial charge on any atom is 0.414 e. The zero-order valence-electron chi connectivity index (χ0n) is 17.7. The lowest BCUT2D eigenvalue weighted by atomic mass is 10.2. The molecule has 0 atom stereocenters. The number of imide groups is 1. The average Bonchev–Trinajstić information content (AvgIpc) is 3.40. The van der Waals surface area contributed by atoms with Crippen molar-refractivity contribution in [3.8, 4) is 0 Å². The quantitative estimate of drug-likeness (QED) is 0.586. The number of piperazine rings is 1. The minimum absolute atomic E-state index is 0.155. The third-order valence-corrected chi connectivity index (χ3v) is 6.97. The van der Waals surface area contributed by atoms with E-state index in [4.69, 9.17) is 9.72 Å². The summed E-state index contributed by atoms with van der Waals surface area (Å²) in [5.41, 5.74) is 1.41. The number of hydrogen-bond acceptors (Lipinski definition) is 9. The van der Waals surface area contributed by atoms with Gasteiger partial charge in [0, 0.05) is 31.7 Å². The van der Waals surface area contributed by atoms with Gasteiger partial charge in [0.05, 0.1) is 22.4 Å². The molecule has 1 aromatic carbocycles. The number of anilines is 2. The van der Waals surface area contributed by atoms with E-state index in [2.05, 4.69) is 27.5 Å². The molecule has 0 radical (unpaired) electrons. The predicted molar refractivity (Wildman–Crippen MR) is 126 cm³/mol. The summed E-state index contributed by atoms with van der Waals surface area (Å²) < 4.78 is 5.74. The molecule has 168 valence electrons. The van der Waals surface area contributed by atoms with Gasteiger partial charge in [-0.1, -0.05) is 11.3 Å². The van der Waals surface area contributed by atoms with Gasteiger partial charge in [-0.3, -0.25) is 14.9 Å². The number of thiazole rings is 1. The van der Waals surface area contributed by atoms with Crippen LogP contribution in [0, 0.1) is 0 Å². The summed E-state index contributed by atoms with van der Waals surface area (Å²) in [6, 6.07) is 6.94. The zero-order chi connectivity index (χ0) is 22.7. The van der Waals surface area contributed by atoms with Crippen LogP contribution >= 0.6 is 22.7 Å². The van der Waals surface area contributed by atoms with Crippen LogP contribution in [0.25, 0.3) is 10.2 Å². The first kappa shape index (κ1) is 22.2. The molecule has 0 aliphatic carbocycles. The van der Waals surface area contributed by atoms with Crippen LogP contribution in [0.1, 0.15) is 27.6 Å². The van der Waals surface area contributed by atoms with Crippen molar-refractivity contribution in [1.29, 1.82) is 0 Å². The van der Waals surface area contributed by atoms with Crippen molar-refractivity contribution in [1.82, 2.24) is 15.2 Å². The number of nitrogens with one attached hydrogen (secondary N) is 2. The fourth-order valence-electron chi connectivity index (χ4n) is 3.28. The van der Waals surface area contributed by atoms with Gasteiger partial charge in [-0.25, -0.2) is 9.78 Å². The first-order valence-corrected chi connectivity index (χ1v) is 11.8. The molecule has 9 nitrogen and oxygen atoms in total. The normalized spacial score (nSPS) is 14.4. The number of aromatic nitrogens is 1. The Morgan fingerprint density at radius 2 is 1.91 bits per heavy atom. The Morgan fingerprint density at radius 1 is 1.12 bits per heavy atom. The highest BCUT2D eigenvalue weighted by molar-refractivity contribution is 7.22. The smallest absolute Gasteiger partial charge is 0.414 e. The van der Waals surface area contributed by atoms with E-state index in [1.165, 1.54) is 11.3 Å². The number of alkyl carbamates (subject to hydrolysis) is 1. The molecule has 0 saturated carbocycles. The van der Waals surface area contributed by atoms with Crippen LogP contribution in [0.15, 0.2) is 29.6 Å². The van der Waals surface area contributed by atoms with Gasteiger partial charge in [0.2, 0.25) is 0 Å². The number of carbonyl (C=O) groups excluding carboxylic acids is 3. The SMILES string of the molecule is CCOC(=O)NC(=O)c1ccsc1NC(=O)c1ccc2sc(N3CCN(C)CC3)nc2c1. The first-order valence-electron chi connectivity index (χ1n) is 10.2. The highest BCUT2D eigenvalue weighted by Crippen LogP contribution is 2.30. The van der Waals surface area contributed by atoms with Gasteiger partial charge in [-0.15, -0.1) is 11.3 Å². The Kier molecular flexibility index (Phi) is 6.68. The molecule has 3 amide bonds. The summed E-state index contributed by atoms with van der Waals surface area (Å²) in [7, 11) is 2.11. The zero-order valence-corrected chi connectivity index (χ0v) is 19.3. The highest BCUT2D eigenvalue weighted by atomic mass is 32.1. The van der Waals surface area contributed by atoms with Crippen LogP contribution in [0.3, 0.4) is 0 Å². The molecule has 11 heteroatoms. The second kappa shape index (κ2) is 9.63. The highest BCUT2D eigenvalue weighted by Gasteiger charge is 2.20. The lowest BCUT2D eigenvalue weighted by Gasteiger charge is -2.32. The summed E-state index contributed by atoms with van der Waals surface area (Å²) in [4.78, 5) is 45.9. The Balaban J connectivity index is 1.47. The van der Waals surface area contributed by atoms with Crippen LogP contribution in [-0.4, -0.2) is 67.6 Å². The van der Waals surface area contributed by atoms with Gasteiger partial charge in [-0.2, -0.15) is 0 Å². The molecular weight excluding hydrogens is 450 g/mol. The van der Waals surface area contributed by atoms with Crippen molar-refractivity contribution in [2.24, 2.45) is 0 Å². The number of likely N-dealkylation sites (N-methyl/N-ethyl adjacent to an activating group) is 1. The van der Waals surface area contributed by atoms with Crippen LogP contribution in [0.5, 0.6) is 0 Å². The van der Waals surface area contributed by atoms with Gasteiger partial charge in [0.1, 0.15) is 5.00 Å². The predicted octanol–water partition coefficient (Wildman–Crippen LogP) is 3.25. The average molecular weight is 474 g/mol.